The van der Waals surface area contributed by atoms with Gasteiger partial charge in [-0.2, -0.15) is 0 Å². The second-order valence-electron chi connectivity index (χ2n) is 4.98. The maximum absolute atomic E-state index is 4.42. The summed E-state index contributed by atoms with van der Waals surface area (Å²) in [4.78, 5) is 15.0. The van der Waals surface area contributed by atoms with Gasteiger partial charge in [0.15, 0.2) is 0 Å². The third-order valence-electron chi connectivity index (χ3n) is 2.95. The van der Waals surface area contributed by atoms with Crippen LogP contribution in [0.25, 0.3) is 11.3 Å². The molecular formula is C15H22N6. The van der Waals surface area contributed by atoms with E-state index in [2.05, 4.69) is 44.6 Å². The van der Waals surface area contributed by atoms with Crippen molar-refractivity contribution in [3.63, 3.8) is 0 Å². The lowest BCUT2D eigenvalue weighted by Crippen LogP contribution is -2.21. The first-order valence-corrected chi connectivity index (χ1v) is 7.10. The number of hydrogen-bond donors (Lipinski definition) is 2. The molecule has 2 N–H and O–H groups in total. The quantitative estimate of drug-likeness (QED) is 0.811. The highest BCUT2D eigenvalue weighted by Gasteiger charge is 2.02. The van der Waals surface area contributed by atoms with Crippen molar-refractivity contribution >= 4 is 11.6 Å². The molecule has 6 heteroatoms. The Kier molecular flexibility index (Phi) is 5.45. The summed E-state index contributed by atoms with van der Waals surface area (Å²) in [6.07, 6.45) is 3.40. The first kappa shape index (κ1) is 15.2. The minimum Gasteiger partial charge on any atom is -0.370 e. The standard InChI is InChI=1S/C15H22N6/c1-4-16-15-9-13(19-11-20-15)12-5-6-14(18-10-12)17-7-8-21(2)3/h5-6,9-11H,4,7-8H2,1-3H3,(H,17,18)(H,16,19,20). The molecule has 6 nitrogen and oxygen atoms in total. The van der Waals surface area contributed by atoms with Gasteiger partial charge in [-0.05, 0) is 33.2 Å². The third kappa shape index (κ3) is 4.68. The molecule has 0 saturated heterocycles. The predicted octanol–water partition coefficient (Wildman–Crippen LogP) is 1.94. The zero-order chi connectivity index (χ0) is 15.1. The Morgan fingerprint density at radius 1 is 1.05 bits per heavy atom. The van der Waals surface area contributed by atoms with Gasteiger partial charge < -0.3 is 15.5 Å². The molecule has 0 aliphatic heterocycles. The molecule has 0 amide bonds. The highest BCUT2D eigenvalue weighted by Crippen LogP contribution is 2.19. The number of nitrogens with one attached hydrogen (secondary N) is 2. The van der Waals surface area contributed by atoms with Gasteiger partial charge in [-0.15, -0.1) is 0 Å². The third-order valence-corrected chi connectivity index (χ3v) is 2.95. The van der Waals surface area contributed by atoms with Crippen LogP contribution in [0, 0.1) is 0 Å². The van der Waals surface area contributed by atoms with E-state index in [1.54, 1.807) is 6.33 Å². The Morgan fingerprint density at radius 2 is 1.90 bits per heavy atom. The van der Waals surface area contributed by atoms with Crippen molar-refractivity contribution < 1.29 is 0 Å². The number of aromatic nitrogens is 3. The minimum atomic E-state index is 0.829. The average Bonchev–Trinajstić information content (AvgIpc) is 2.48. The van der Waals surface area contributed by atoms with Gasteiger partial charge >= 0.3 is 0 Å². The van der Waals surface area contributed by atoms with E-state index in [0.29, 0.717) is 0 Å². The molecular weight excluding hydrogens is 264 g/mol. The van der Waals surface area contributed by atoms with Gasteiger partial charge in [-0.1, -0.05) is 0 Å². The first-order chi connectivity index (χ1) is 10.2. The van der Waals surface area contributed by atoms with Gasteiger partial charge in [-0.3, -0.25) is 0 Å². The summed E-state index contributed by atoms with van der Waals surface area (Å²) in [5.74, 6) is 1.71. The van der Waals surface area contributed by atoms with Crippen LogP contribution in [0.3, 0.4) is 0 Å². The monoisotopic (exact) mass is 286 g/mol. The largest absolute Gasteiger partial charge is 0.370 e. The first-order valence-electron chi connectivity index (χ1n) is 7.10. The summed E-state index contributed by atoms with van der Waals surface area (Å²) in [5.41, 5.74) is 1.85. The molecule has 0 bridgehead atoms. The van der Waals surface area contributed by atoms with Gasteiger partial charge in [0, 0.05) is 37.5 Å². The molecule has 21 heavy (non-hydrogen) atoms. The van der Waals surface area contributed by atoms with Crippen molar-refractivity contribution in [2.45, 2.75) is 6.92 Å². The van der Waals surface area contributed by atoms with E-state index in [0.717, 1.165) is 42.5 Å². The SMILES string of the molecule is CCNc1cc(-c2ccc(NCCN(C)C)nc2)ncn1. The predicted molar refractivity (Wildman–Crippen MR) is 86.5 cm³/mol. The van der Waals surface area contributed by atoms with E-state index in [4.69, 9.17) is 0 Å². The minimum absolute atomic E-state index is 0.829. The summed E-state index contributed by atoms with van der Waals surface area (Å²) >= 11 is 0. The smallest absolute Gasteiger partial charge is 0.129 e. The van der Waals surface area contributed by atoms with Crippen molar-refractivity contribution in [2.75, 3.05) is 44.4 Å². The Hall–Kier alpha value is -2.21. The fourth-order valence-electron chi connectivity index (χ4n) is 1.85. The van der Waals surface area contributed by atoms with Crippen LogP contribution < -0.4 is 10.6 Å². The van der Waals surface area contributed by atoms with E-state index in [1.807, 2.05) is 31.3 Å². The van der Waals surface area contributed by atoms with E-state index in [1.165, 1.54) is 0 Å². The van der Waals surface area contributed by atoms with Crippen LogP contribution in [0.5, 0.6) is 0 Å². The summed E-state index contributed by atoms with van der Waals surface area (Å²) in [6.45, 7) is 4.72. The van der Waals surface area contributed by atoms with E-state index >= 15 is 0 Å². The Morgan fingerprint density at radius 3 is 2.57 bits per heavy atom. The molecule has 112 valence electrons. The topological polar surface area (TPSA) is 66.0 Å². The molecule has 0 radical (unpaired) electrons. The Bertz CT molecular complexity index is 552. The number of nitrogens with zero attached hydrogens (tertiary/aromatic N) is 4. The number of hydrogen-bond acceptors (Lipinski definition) is 6. The molecule has 0 aromatic carbocycles. The van der Waals surface area contributed by atoms with Crippen molar-refractivity contribution in [3.05, 3.63) is 30.7 Å². The Balaban J connectivity index is 2.02. The van der Waals surface area contributed by atoms with Crippen LogP contribution >= 0.6 is 0 Å². The second kappa shape index (κ2) is 7.54. The van der Waals surface area contributed by atoms with Crippen molar-refractivity contribution in [1.29, 1.82) is 0 Å². The average molecular weight is 286 g/mol. The molecule has 2 rings (SSSR count). The number of pyridine rings is 1. The summed E-state index contributed by atoms with van der Waals surface area (Å²) < 4.78 is 0. The molecule has 0 unspecified atom stereocenters. The molecule has 2 aromatic rings. The molecule has 0 saturated carbocycles. The fourth-order valence-corrected chi connectivity index (χ4v) is 1.85. The van der Waals surface area contributed by atoms with Crippen LogP contribution in [-0.4, -0.2) is 53.6 Å². The van der Waals surface area contributed by atoms with Crippen LogP contribution in [0.4, 0.5) is 11.6 Å². The Labute approximate surface area is 125 Å². The van der Waals surface area contributed by atoms with E-state index in [9.17, 15) is 0 Å². The highest BCUT2D eigenvalue weighted by atomic mass is 15.1. The van der Waals surface area contributed by atoms with Gasteiger partial charge in [0.1, 0.15) is 18.0 Å². The molecule has 2 aromatic heterocycles. The summed E-state index contributed by atoms with van der Waals surface area (Å²) in [5, 5.41) is 6.47. The van der Waals surface area contributed by atoms with Crippen molar-refractivity contribution in [3.8, 4) is 11.3 Å². The fraction of sp³-hybridized carbons (Fsp3) is 0.400. The second-order valence-corrected chi connectivity index (χ2v) is 4.98. The van der Waals surface area contributed by atoms with Crippen LogP contribution in [0.15, 0.2) is 30.7 Å². The lowest BCUT2D eigenvalue weighted by Gasteiger charge is -2.11. The van der Waals surface area contributed by atoms with Crippen LogP contribution in [0.2, 0.25) is 0 Å². The highest BCUT2D eigenvalue weighted by molar-refractivity contribution is 5.62. The summed E-state index contributed by atoms with van der Waals surface area (Å²) in [7, 11) is 4.10. The van der Waals surface area contributed by atoms with Crippen molar-refractivity contribution in [1.82, 2.24) is 19.9 Å². The maximum atomic E-state index is 4.42. The van der Waals surface area contributed by atoms with E-state index < -0.39 is 0 Å². The van der Waals surface area contributed by atoms with Gasteiger partial charge in [0.05, 0.1) is 5.69 Å². The number of likely N-dealkylation sites (N-methyl/N-ethyl adjacent to an activating group) is 1. The molecule has 0 spiro atoms. The zero-order valence-corrected chi connectivity index (χ0v) is 12.8. The van der Waals surface area contributed by atoms with E-state index in [-0.39, 0.29) is 0 Å². The number of rotatable bonds is 7. The van der Waals surface area contributed by atoms with Crippen molar-refractivity contribution in [2.24, 2.45) is 0 Å². The van der Waals surface area contributed by atoms with Gasteiger partial charge in [0.2, 0.25) is 0 Å². The van der Waals surface area contributed by atoms with Crippen LogP contribution in [0.1, 0.15) is 6.92 Å². The number of anilines is 2. The molecule has 0 atom stereocenters. The molecule has 0 aliphatic rings. The molecule has 0 fully saturated rings. The zero-order valence-electron chi connectivity index (χ0n) is 12.8. The molecule has 2 heterocycles. The normalized spacial score (nSPS) is 10.7. The summed E-state index contributed by atoms with van der Waals surface area (Å²) in [6, 6.07) is 5.92. The van der Waals surface area contributed by atoms with Gasteiger partial charge in [-0.25, -0.2) is 15.0 Å². The van der Waals surface area contributed by atoms with Gasteiger partial charge in [0.25, 0.3) is 0 Å². The molecule has 0 aliphatic carbocycles. The van der Waals surface area contributed by atoms with Crippen LogP contribution in [-0.2, 0) is 0 Å². The lowest BCUT2D eigenvalue weighted by atomic mass is 10.2. The lowest BCUT2D eigenvalue weighted by molar-refractivity contribution is 0.425. The maximum Gasteiger partial charge on any atom is 0.129 e.